The van der Waals surface area contributed by atoms with Crippen molar-refractivity contribution in [3.63, 3.8) is 0 Å². The molecule has 2 heterocycles. The second-order valence-corrected chi connectivity index (χ2v) is 5.72. The standard InChI is InChI=1S/C13H14BrNO3/c14-9-3-1-8(2-4-9)12-11-6-5-10(18-11)7-15(12)13(16)17/h1-4,10-12H,5-7H2,(H,16,17)/t10-,11+,12-/m0/s1. The maximum atomic E-state index is 11.4. The lowest BCUT2D eigenvalue weighted by molar-refractivity contribution is -0.0685. The summed E-state index contributed by atoms with van der Waals surface area (Å²) in [5.74, 6) is 0. The number of carboxylic acid groups (broad SMARTS) is 1. The predicted octanol–water partition coefficient (Wildman–Crippen LogP) is 3.03. The van der Waals surface area contributed by atoms with Gasteiger partial charge >= 0.3 is 6.09 Å². The summed E-state index contributed by atoms with van der Waals surface area (Å²) in [6.07, 6.45) is 1.12. The molecule has 1 amide bonds. The van der Waals surface area contributed by atoms with E-state index >= 15 is 0 Å². The van der Waals surface area contributed by atoms with Gasteiger partial charge in [-0.25, -0.2) is 4.79 Å². The third-order valence-electron chi connectivity index (χ3n) is 3.69. The van der Waals surface area contributed by atoms with Gasteiger partial charge in [-0.05, 0) is 30.5 Å². The number of nitrogens with zero attached hydrogens (tertiary/aromatic N) is 1. The van der Waals surface area contributed by atoms with Gasteiger partial charge in [0.2, 0.25) is 0 Å². The van der Waals surface area contributed by atoms with E-state index in [1.165, 1.54) is 4.90 Å². The highest BCUT2D eigenvalue weighted by Crippen LogP contribution is 2.39. The molecule has 5 heteroatoms. The summed E-state index contributed by atoms with van der Waals surface area (Å²) < 4.78 is 6.85. The van der Waals surface area contributed by atoms with Crippen molar-refractivity contribution in [2.45, 2.75) is 31.1 Å². The van der Waals surface area contributed by atoms with Crippen LogP contribution in [0.3, 0.4) is 0 Å². The van der Waals surface area contributed by atoms with Crippen LogP contribution in [0.2, 0.25) is 0 Å². The van der Waals surface area contributed by atoms with Crippen LogP contribution in [-0.2, 0) is 4.74 Å². The molecule has 3 atom stereocenters. The molecule has 18 heavy (non-hydrogen) atoms. The fraction of sp³-hybridized carbons (Fsp3) is 0.462. The van der Waals surface area contributed by atoms with Gasteiger partial charge < -0.3 is 9.84 Å². The molecule has 2 aliphatic rings. The molecule has 4 nitrogen and oxygen atoms in total. The van der Waals surface area contributed by atoms with Crippen LogP contribution in [0.25, 0.3) is 0 Å². The van der Waals surface area contributed by atoms with Crippen molar-refractivity contribution < 1.29 is 14.6 Å². The van der Waals surface area contributed by atoms with Crippen molar-refractivity contribution in [1.82, 2.24) is 4.90 Å². The fourth-order valence-electron chi connectivity index (χ4n) is 2.89. The van der Waals surface area contributed by atoms with Gasteiger partial charge in [0.05, 0.1) is 24.8 Å². The van der Waals surface area contributed by atoms with Crippen LogP contribution in [0.1, 0.15) is 24.4 Å². The Kier molecular flexibility index (Phi) is 3.03. The maximum Gasteiger partial charge on any atom is 0.407 e. The van der Waals surface area contributed by atoms with E-state index < -0.39 is 6.09 Å². The van der Waals surface area contributed by atoms with Crippen molar-refractivity contribution in [3.8, 4) is 0 Å². The first-order chi connectivity index (χ1) is 8.65. The highest BCUT2D eigenvalue weighted by Gasteiger charge is 2.44. The number of hydrogen-bond acceptors (Lipinski definition) is 2. The molecular weight excluding hydrogens is 298 g/mol. The lowest BCUT2D eigenvalue weighted by atomic mass is 9.98. The molecule has 0 saturated carbocycles. The van der Waals surface area contributed by atoms with Gasteiger partial charge in [-0.2, -0.15) is 0 Å². The number of benzene rings is 1. The predicted molar refractivity (Wildman–Crippen MR) is 69.5 cm³/mol. The van der Waals surface area contributed by atoms with Crippen LogP contribution in [0, 0.1) is 0 Å². The largest absolute Gasteiger partial charge is 0.465 e. The smallest absolute Gasteiger partial charge is 0.407 e. The summed E-state index contributed by atoms with van der Waals surface area (Å²) in [4.78, 5) is 12.9. The van der Waals surface area contributed by atoms with Crippen LogP contribution < -0.4 is 0 Å². The molecule has 2 fully saturated rings. The Hall–Kier alpha value is -1.07. The highest BCUT2D eigenvalue weighted by atomic mass is 79.9. The van der Waals surface area contributed by atoms with E-state index in [9.17, 15) is 9.90 Å². The summed E-state index contributed by atoms with van der Waals surface area (Å²) in [5, 5.41) is 9.35. The minimum absolute atomic E-state index is 0.000950. The van der Waals surface area contributed by atoms with Crippen molar-refractivity contribution in [2.24, 2.45) is 0 Å². The Labute approximate surface area is 114 Å². The van der Waals surface area contributed by atoms with Crippen LogP contribution in [0.4, 0.5) is 4.79 Å². The first-order valence-corrected chi connectivity index (χ1v) is 6.85. The highest BCUT2D eigenvalue weighted by molar-refractivity contribution is 9.10. The zero-order valence-corrected chi connectivity index (χ0v) is 11.3. The molecule has 2 saturated heterocycles. The number of fused-ring (bicyclic) bond motifs is 2. The van der Waals surface area contributed by atoms with Gasteiger partial charge in [0.1, 0.15) is 0 Å². The number of halogens is 1. The van der Waals surface area contributed by atoms with Gasteiger partial charge in [0.25, 0.3) is 0 Å². The minimum atomic E-state index is -0.858. The number of ether oxygens (including phenoxy) is 1. The average Bonchev–Trinajstić information content (AvgIpc) is 2.72. The molecule has 1 aromatic carbocycles. The number of likely N-dealkylation sites (tertiary alicyclic amines) is 1. The van der Waals surface area contributed by atoms with E-state index in [0.29, 0.717) is 6.54 Å². The van der Waals surface area contributed by atoms with E-state index in [4.69, 9.17) is 4.74 Å². The summed E-state index contributed by atoms with van der Waals surface area (Å²) in [5.41, 5.74) is 1.01. The van der Waals surface area contributed by atoms with Crippen molar-refractivity contribution in [3.05, 3.63) is 34.3 Å². The third kappa shape index (κ3) is 2.01. The van der Waals surface area contributed by atoms with Crippen molar-refractivity contribution >= 4 is 22.0 Å². The van der Waals surface area contributed by atoms with Gasteiger partial charge in [-0.3, -0.25) is 4.90 Å². The summed E-state index contributed by atoms with van der Waals surface area (Å²) in [7, 11) is 0. The Morgan fingerprint density at radius 3 is 2.72 bits per heavy atom. The number of amides is 1. The van der Waals surface area contributed by atoms with Crippen LogP contribution in [0.15, 0.2) is 28.7 Å². The second-order valence-electron chi connectivity index (χ2n) is 4.81. The third-order valence-corrected chi connectivity index (χ3v) is 4.21. The van der Waals surface area contributed by atoms with Crippen LogP contribution in [0.5, 0.6) is 0 Å². The normalized spacial score (nSPS) is 30.5. The number of morpholine rings is 1. The van der Waals surface area contributed by atoms with Crippen LogP contribution in [-0.4, -0.2) is 34.9 Å². The maximum absolute atomic E-state index is 11.4. The monoisotopic (exact) mass is 311 g/mol. The van der Waals surface area contributed by atoms with Gasteiger partial charge in [-0.1, -0.05) is 28.1 Å². The Bertz CT molecular complexity index is 462. The number of rotatable bonds is 1. The second kappa shape index (κ2) is 4.55. The molecule has 0 radical (unpaired) electrons. The molecule has 1 aromatic rings. The molecular formula is C13H14BrNO3. The van der Waals surface area contributed by atoms with E-state index in [2.05, 4.69) is 15.9 Å². The average molecular weight is 312 g/mol. The summed E-state index contributed by atoms with van der Waals surface area (Å²) >= 11 is 3.39. The molecule has 96 valence electrons. The Morgan fingerprint density at radius 1 is 1.33 bits per heavy atom. The Balaban J connectivity index is 1.95. The molecule has 0 unspecified atom stereocenters. The molecule has 1 N–H and O–H groups in total. The van der Waals surface area contributed by atoms with Gasteiger partial charge in [0.15, 0.2) is 0 Å². The van der Waals surface area contributed by atoms with Crippen molar-refractivity contribution in [2.75, 3.05) is 6.54 Å². The van der Waals surface area contributed by atoms with E-state index in [-0.39, 0.29) is 18.2 Å². The quantitative estimate of drug-likeness (QED) is 0.867. The Morgan fingerprint density at radius 2 is 2.06 bits per heavy atom. The molecule has 3 rings (SSSR count). The van der Waals surface area contributed by atoms with Crippen LogP contribution >= 0.6 is 15.9 Å². The summed E-state index contributed by atoms with van der Waals surface area (Å²) in [6.45, 7) is 0.479. The van der Waals surface area contributed by atoms with Gasteiger partial charge in [-0.15, -0.1) is 0 Å². The first-order valence-electron chi connectivity index (χ1n) is 6.05. The van der Waals surface area contributed by atoms with Crippen molar-refractivity contribution in [1.29, 1.82) is 0 Å². The first kappa shape index (κ1) is 12.0. The van der Waals surface area contributed by atoms with E-state index in [0.717, 1.165) is 22.9 Å². The fourth-order valence-corrected chi connectivity index (χ4v) is 3.15. The molecule has 0 aromatic heterocycles. The molecule has 2 bridgehead atoms. The lowest BCUT2D eigenvalue weighted by Crippen LogP contribution is -2.47. The molecule has 2 aliphatic heterocycles. The minimum Gasteiger partial charge on any atom is -0.465 e. The molecule has 0 aliphatic carbocycles. The zero-order chi connectivity index (χ0) is 12.7. The zero-order valence-electron chi connectivity index (χ0n) is 9.75. The molecule has 0 spiro atoms. The van der Waals surface area contributed by atoms with Gasteiger partial charge in [0, 0.05) is 4.47 Å². The summed E-state index contributed by atoms with van der Waals surface area (Å²) in [6, 6.07) is 7.64. The van der Waals surface area contributed by atoms with E-state index in [1.54, 1.807) is 0 Å². The topological polar surface area (TPSA) is 49.8 Å². The SMILES string of the molecule is O=C(O)N1C[C@@H]2CC[C@@H](O2)[C@@H]1c1ccc(Br)cc1. The number of hydrogen-bond donors (Lipinski definition) is 1. The number of carbonyl (C=O) groups is 1. The lowest BCUT2D eigenvalue weighted by Gasteiger charge is -2.38. The van der Waals surface area contributed by atoms with E-state index in [1.807, 2.05) is 24.3 Å².